The summed E-state index contributed by atoms with van der Waals surface area (Å²) in [5.74, 6) is -0.453. The Kier molecular flexibility index (Phi) is 6.25. The molecule has 1 atom stereocenters. The van der Waals surface area contributed by atoms with E-state index in [-0.39, 0.29) is 12.6 Å². The fourth-order valence-corrected chi connectivity index (χ4v) is 3.75. The maximum Gasteiger partial charge on any atom is 0.405 e. The molecule has 2 amide bonds. The lowest BCUT2D eigenvalue weighted by atomic mass is 10.1. The van der Waals surface area contributed by atoms with E-state index in [4.69, 9.17) is 9.84 Å². The first kappa shape index (κ1) is 19.1. The van der Waals surface area contributed by atoms with Gasteiger partial charge in [-0.05, 0) is 25.0 Å². The summed E-state index contributed by atoms with van der Waals surface area (Å²) in [5, 5.41) is 15.5. The summed E-state index contributed by atoms with van der Waals surface area (Å²) in [4.78, 5) is 28.9. The first-order chi connectivity index (χ1) is 13.0. The predicted octanol–water partition coefficient (Wildman–Crippen LogP) is 2.63. The first-order valence-corrected chi connectivity index (χ1v) is 9.53. The number of anilines is 2. The molecule has 1 aromatic carbocycles. The Labute approximate surface area is 161 Å². The van der Waals surface area contributed by atoms with E-state index < -0.39 is 12.0 Å². The summed E-state index contributed by atoms with van der Waals surface area (Å²) in [7, 11) is 1.75. The molecular formula is C18H22N4O4S. The van der Waals surface area contributed by atoms with E-state index in [2.05, 4.69) is 27.3 Å². The van der Waals surface area contributed by atoms with Crippen LogP contribution >= 0.6 is 11.3 Å². The molecule has 1 aromatic heterocycles. The monoisotopic (exact) mass is 390 g/mol. The Hall–Kier alpha value is -2.65. The Balaban J connectivity index is 1.68. The molecule has 1 fully saturated rings. The number of ether oxygens (including phenoxy) is 1. The number of hydrogen-bond acceptors (Lipinski definition) is 6. The lowest BCUT2D eigenvalue weighted by molar-refractivity contribution is -0.115. The van der Waals surface area contributed by atoms with Crippen LogP contribution in [-0.4, -0.2) is 54.9 Å². The zero-order valence-corrected chi connectivity index (χ0v) is 15.8. The van der Waals surface area contributed by atoms with Crippen molar-refractivity contribution in [3.63, 3.8) is 0 Å². The van der Waals surface area contributed by atoms with Gasteiger partial charge in [0, 0.05) is 36.8 Å². The summed E-state index contributed by atoms with van der Waals surface area (Å²) < 4.78 is 5.50. The molecule has 27 heavy (non-hydrogen) atoms. The van der Waals surface area contributed by atoms with E-state index in [1.807, 2.05) is 22.8 Å². The van der Waals surface area contributed by atoms with E-state index in [1.54, 1.807) is 7.11 Å². The number of amides is 2. The van der Waals surface area contributed by atoms with E-state index >= 15 is 0 Å². The lowest BCUT2D eigenvalue weighted by Crippen LogP contribution is -2.39. The molecule has 8 nitrogen and oxygen atoms in total. The number of carbonyl (C=O) groups excluding carboxylic acids is 1. The van der Waals surface area contributed by atoms with Crippen LogP contribution in [-0.2, 0) is 9.53 Å². The number of nitrogens with zero attached hydrogens (tertiary/aromatic N) is 2. The van der Waals surface area contributed by atoms with Gasteiger partial charge in [-0.2, -0.15) is 0 Å². The molecule has 2 aromatic rings. The van der Waals surface area contributed by atoms with Gasteiger partial charge in [0.25, 0.3) is 0 Å². The maximum absolute atomic E-state index is 11.7. The molecule has 1 unspecified atom stereocenters. The number of nitrogens with one attached hydrogen (secondary N) is 2. The third kappa shape index (κ3) is 5.18. The fourth-order valence-electron chi connectivity index (χ4n) is 3.01. The Morgan fingerprint density at radius 3 is 3.07 bits per heavy atom. The minimum absolute atomic E-state index is 0.253. The Bertz CT molecular complexity index is 810. The molecule has 3 N–H and O–H groups in total. The Morgan fingerprint density at radius 2 is 2.30 bits per heavy atom. The largest absolute Gasteiger partial charge is 0.465 e. The second-order valence-corrected chi connectivity index (χ2v) is 7.10. The fraction of sp³-hybridized carbons (Fsp3) is 0.389. The van der Waals surface area contributed by atoms with Crippen LogP contribution in [0.2, 0.25) is 0 Å². The summed E-state index contributed by atoms with van der Waals surface area (Å²) in [6.07, 6.45) is 1.19. The predicted molar refractivity (Wildman–Crippen MR) is 104 cm³/mol. The van der Waals surface area contributed by atoms with Gasteiger partial charge in [0.1, 0.15) is 6.54 Å². The number of benzene rings is 1. The Morgan fingerprint density at radius 1 is 1.44 bits per heavy atom. The van der Waals surface area contributed by atoms with Crippen molar-refractivity contribution in [1.29, 1.82) is 0 Å². The van der Waals surface area contributed by atoms with Crippen LogP contribution in [0.3, 0.4) is 0 Å². The third-order valence-electron chi connectivity index (χ3n) is 4.37. The molecule has 0 bridgehead atoms. The highest BCUT2D eigenvalue weighted by Crippen LogP contribution is 2.29. The van der Waals surface area contributed by atoms with E-state index in [0.29, 0.717) is 5.13 Å². The average Bonchev–Trinajstić information content (AvgIpc) is 3.15. The van der Waals surface area contributed by atoms with Crippen LogP contribution in [0.5, 0.6) is 0 Å². The number of hydrogen-bond donors (Lipinski definition) is 3. The van der Waals surface area contributed by atoms with Crippen LogP contribution in [0.1, 0.15) is 12.8 Å². The zero-order valence-electron chi connectivity index (χ0n) is 15.0. The molecule has 1 saturated heterocycles. The van der Waals surface area contributed by atoms with Crippen LogP contribution in [0, 0.1) is 0 Å². The number of carboxylic acid groups (broad SMARTS) is 1. The van der Waals surface area contributed by atoms with Gasteiger partial charge in [-0.25, -0.2) is 9.78 Å². The van der Waals surface area contributed by atoms with Gasteiger partial charge in [0.2, 0.25) is 5.91 Å². The van der Waals surface area contributed by atoms with Crippen molar-refractivity contribution >= 4 is 34.2 Å². The number of carbonyl (C=O) groups is 2. The second-order valence-electron chi connectivity index (χ2n) is 6.24. The summed E-state index contributed by atoms with van der Waals surface area (Å²) in [6, 6.07) is 8.14. The van der Waals surface area contributed by atoms with Gasteiger partial charge in [0.15, 0.2) is 5.13 Å². The number of aromatic nitrogens is 1. The van der Waals surface area contributed by atoms with Crippen LogP contribution < -0.4 is 15.5 Å². The number of methoxy groups -OCH3 is 1. The molecule has 0 saturated carbocycles. The molecule has 1 aliphatic rings. The highest BCUT2D eigenvalue weighted by molar-refractivity contribution is 7.14. The number of piperidine rings is 1. The van der Waals surface area contributed by atoms with Gasteiger partial charge in [-0.15, -0.1) is 11.3 Å². The zero-order chi connectivity index (χ0) is 19.2. The number of rotatable bonds is 6. The SMILES string of the molecule is COC1CCCN(c2cccc(-c3csc(NC(=O)CNC(=O)O)n3)c2)C1. The van der Waals surface area contributed by atoms with Crippen molar-refractivity contribution in [2.75, 3.05) is 37.0 Å². The molecule has 9 heteroatoms. The highest BCUT2D eigenvalue weighted by Gasteiger charge is 2.20. The summed E-state index contributed by atoms with van der Waals surface area (Å²) in [5.41, 5.74) is 2.86. The molecule has 0 radical (unpaired) electrons. The first-order valence-electron chi connectivity index (χ1n) is 8.65. The smallest absolute Gasteiger partial charge is 0.405 e. The van der Waals surface area contributed by atoms with Gasteiger partial charge < -0.3 is 25.4 Å². The van der Waals surface area contributed by atoms with E-state index in [0.717, 1.165) is 42.9 Å². The van der Waals surface area contributed by atoms with Crippen LogP contribution in [0.25, 0.3) is 11.3 Å². The van der Waals surface area contributed by atoms with Crippen molar-refractivity contribution in [3.05, 3.63) is 29.6 Å². The van der Waals surface area contributed by atoms with Crippen molar-refractivity contribution in [2.45, 2.75) is 18.9 Å². The van der Waals surface area contributed by atoms with Crippen LogP contribution in [0.4, 0.5) is 15.6 Å². The van der Waals surface area contributed by atoms with Crippen molar-refractivity contribution in [2.24, 2.45) is 0 Å². The average molecular weight is 390 g/mol. The molecule has 0 aliphatic carbocycles. The minimum atomic E-state index is -1.24. The quantitative estimate of drug-likeness (QED) is 0.701. The minimum Gasteiger partial charge on any atom is -0.465 e. The normalized spacial score (nSPS) is 16.8. The standard InChI is InChI=1S/C18H22N4O4S/c1-26-14-6-3-7-22(10-14)13-5-2-4-12(8-13)15-11-27-17(20-15)21-16(23)9-19-18(24)25/h2,4-5,8,11,14,19H,3,6-7,9-10H2,1H3,(H,24,25)(H,20,21,23). The van der Waals surface area contributed by atoms with E-state index in [1.165, 1.54) is 11.3 Å². The summed E-state index contributed by atoms with van der Waals surface area (Å²) >= 11 is 1.30. The van der Waals surface area contributed by atoms with E-state index in [9.17, 15) is 9.59 Å². The van der Waals surface area contributed by atoms with Gasteiger partial charge in [-0.3, -0.25) is 4.79 Å². The van der Waals surface area contributed by atoms with Crippen molar-refractivity contribution in [3.8, 4) is 11.3 Å². The van der Waals surface area contributed by atoms with Gasteiger partial charge in [0.05, 0.1) is 11.8 Å². The molecule has 0 spiro atoms. The molecule has 144 valence electrons. The molecular weight excluding hydrogens is 368 g/mol. The van der Waals surface area contributed by atoms with Crippen LogP contribution in [0.15, 0.2) is 29.6 Å². The lowest BCUT2D eigenvalue weighted by Gasteiger charge is -2.33. The highest BCUT2D eigenvalue weighted by atomic mass is 32.1. The van der Waals surface area contributed by atoms with Gasteiger partial charge in [-0.1, -0.05) is 12.1 Å². The molecule has 2 heterocycles. The van der Waals surface area contributed by atoms with Crippen molar-refractivity contribution in [1.82, 2.24) is 10.3 Å². The van der Waals surface area contributed by atoms with Crippen molar-refractivity contribution < 1.29 is 19.4 Å². The number of thiazole rings is 1. The third-order valence-corrected chi connectivity index (χ3v) is 5.13. The topological polar surface area (TPSA) is 104 Å². The molecule has 1 aliphatic heterocycles. The van der Waals surface area contributed by atoms with Gasteiger partial charge >= 0.3 is 6.09 Å². The second kappa shape index (κ2) is 8.83. The molecule has 3 rings (SSSR count). The summed E-state index contributed by atoms with van der Waals surface area (Å²) in [6.45, 7) is 1.56. The maximum atomic E-state index is 11.7.